The molecule has 0 radical (unpaired) electrons. The number of urea groups is 1. The number of carboxylic acid groups (broad SMARTS) is 1. The fourth-order valence-corrected chi connectivity index (χ4v) is 3.23. The fourth-order valence-electron chi connectivity index (χ4n) is 3.23. The normalized spacial score (nSPS) is 20.0. The van der Waals surface area contributed by atoms with Crippen LogP contribution in [0.25, 0.3) is 0 Å². The quantitative estimate of drug-likeness (QED) is 0.784. The molecule has 0 unspecified atom stereocenters. The van der Waals surface area contributed by atoms with E-state index >= 15 is 0 Å². The lowest BCUT2D eigenvalue weighted by Crippen LogP contribution is -2.43. The van der Waals surface area contributed by atoms with E-state index in [0.717, 1.165) is 38.5 Å². The van der Waals surface area contributed by atoms with E-state index in [9.17, 15) is 14.4 Å². The van der Waals surface area contributed by atoms with E-state index in [0.29, 0.717) is 12.5 Å². The second kappa shape index (κ2) is 6.45. The summed E-state index contributed by atoms with van der Waals surface area (Å²) in [6, 6.07) is -0.379. The first-order valence-corrected chi connectivity index (χ1v) is 7.67. The molecule has 0 atom stereocenters. The van der Waals surface area contributed by atoms with Crippen LogP contribution in [0.1, 0.15) is 51.4 Å². The molecule has 2 saturated carbocycles. The van der Waals surface area contributed by atoms with Crippen molar-refractivity contribution in [1.29, 1.82) is 0 Å². The van der Waals surface area contributed by atoms with Gasteiger partial charge >= 0.3 is 12.0 Å². The zero-order valence-electron chi connectivity index (χ0n) is 12.6. The number of rotatable bonds is 6. The van der Waals surface area contributed by atoms with Crippen LogP contribution in [0.3, 0.4) is 0 Å². The molecule has 0 saturated heterocycles. The summed E-state index contributed by atoms with van der Waals surface area (Å²) in [6.07, 6.45) is 5.83. The number of amides is 3. The number of carboxylic acids is 1. The van der Waals surface area contributed by atoms with Gasteiger partial charge in [0.15, 0.2) is 0 Å². The van der Waals surface area contributed by atoms with Gasteiger partial charge in [-0.1, -0.05) is 12.8 Å². The van der Waals surface area contributed by atoms with Crippen molar-refractivity contribution in [2.45, 2.75) is 51.4 Å². The molecule has 118 valence electrons. The molecule has 2 rings (SSSR count). The minimum absolute atomic E-state index is 0.00647. The molecule has 2 aliphatic carbocycles. The molecule has 0 aromatic rings. The third-order valence-electron chi connectivity index (χ3n) is 4.55. The van der Waals surface area contributed by atoms with Gasteiger partial charge in [-0.2, -0.15) is 0 Å². The monoisotopic (exact) mass is 296 g/mol. The van der Waals surface area contributed by atoms with Crippen LogP contribution in [-0.4, -0.2) is 41.5 Å². The zero-order chi connectivity index (χ0) is 15.5. The highest BCUT2D eigenvalue weighted by molar-refractivity contribution is 5.94. The Morgan fingerprint density at radius 3 is 2.33 bits per heavy atom. The lowest BCUT2D eigenvalue weighted by molar-refractivity contribution is -0.140. The van der Waals surface area contributed by atoms with Gasteiger partial charge < -0.3 is 10.0 Å². The highest BCUT2D eigenvalue weighted by atomic mass is 16.4. The maximum absolute atomic E-state index is 12.1. The number of carbonyl (C=O) groups is 3. The molecule has 0 bridgehead atoms. The highest BCUT2D eigenvalue weighted by Gasteiger charge is 2.38. The van der Waals surface area contributed by atoms with Crippen molar-refractivity contribution >= 4 is 17.9 Å². The Hall–Kier alpha value is -1.59. The minimum Gasteiger partial charge on any atom is -0.481 e. The Labute approximate surface area is 124 Å². The third kappa shape index (κ3) is 4.72. The molecule has 0 spiro atoms. The first kappa shape index (κ1) is 15.8. The van der Waals surface area contributed by atoms with Crippen molar-refractivity contribution in [3.8, 4) is 0 Å². The van der Waals surface area contributed by atoms with E-state index in [4.69, 9.17) is 5.11 Å². The van der Waals surface area contributed by atoms with E-state index in [1.54, 1.807) is 7.05 Å². The van der Waals surface area contributed by atoms with Crippen LogP contribution in [0, 0.1) is 11.3 Å². The van der Waals surface area contributed by atoms with Gasteiger partial charge in [0.2, 0.25) is 5.91 Å². The number of hydrogen-bond donors (Lipinski definition) is 2. The second-order valence-electron chi connectivity index (χ2n) is 6.63. The summed E-state index contributed by atoms with van der Waals surface area (Å²) < 4.78 is 0. The van der Waals surface area contributed by atoms with Gasteiger partial charge in [-0.15, -0.1) is 0 Å². The summed E-state index contributed by atoms with van der Waals surface area (Å²) in [4.78, 5) is 36.5. The number of aliphatic carboxylic acids is 1. The van der Waals surface area contributed by atoms with Crippen LogP contribution in [0.5, 0.6) is 0 Å². The molecule has 6 nitrogen and oxygen atoms in total. The number of hydrogen-bond acceptors (Lipinski definition) is 3. The largest absolute Gasteiger partial charge is 0.481 e. The lowest BCUT2D eigenvalue weighted by atomic mass is 9.79. The predicted octanol–water partition coefficient (Wildman–Crippen LogP) is 1.99. The number of nitrogens with zero attached hydrogens (tertiary/aromatic N) is 1. The summed E-state index contributed by atoms with van der Waals surface area (Å²) in [7, 11) is 1.68. The van der Waals surface area contributed by atoms with E-state index in [-0.39, 0.29) is 24.8 Å². The van der Waals surface area contributed by atoms with Gasteiger partial charge in [0.25, 0.3) is 0 Å². The summed E-state index contributed by atoms with van der Waals surface area (Å²) >= 11 is 0. The van der Waals surface area contributed by atoms with Crippen molar-refractivity contribution in [2.75, 3.05) is 13.6 Å². The van der Waals surface area contributed by atoms with Crippen molar-refractivity contribution < 1.29 is 19.5 Å². The minimum atomic E-state index is -0.873. The van der Waals surface area contributed by atoms with Gasteiger partial charge in [0.1, 0.15) is 0 Å². The summed E-state index contributed by atoms with van der Waals surface area (Å²) in [5, 5.41) is 11.4. The van der Waals surface area contributed by atoms with Gasteiger partial charge in [0.05, 0.1) is 6.42 Å². The van der Waals surface area contributed by atoms with Gasteiger partial charge in [-0.25, -0.2) is 4.79 Å². The third-order valence-corrected chi connectivity index (χ3v) is 4.55. The molecule has 0 heterocycles. The smallest absolute Gasteiger partial charge is 0.323 e. The average molecular weight is 296 g/mol. The fraction of sp³-hybridized carbons (Fsp3) is 0.800. The SMILES string of the molecule is CN(CC1CC1)C(=O)NC(=O)CC1(CC(=O)O)CCCC1. The number of nitrogens with one attached hydrogen (secondary N) is 1. The highest BCUT2D eigenvalue weighted by Crippen LogP contribution is 2.44. The van der Waals surface area contributed by atoms with Crippen LogP contribution in [0.4, 0.5) is 4.79 Å². The molecule has 2 fully saturated rings. The number of carbonyl (C=O) groups excluding carboxylic acids is 2. The maximum atomic E-state index is 12.1. The van der Waals surface area contributed by atoms with Gasteiger partial charge in [-0.05, 0) is 37.0 Å². The summed E-state index contributed by atoms with van der Waals surface area (Å²) in [6.45, 7) is 0.680. The van der Waals surface area contributed by atoms with Crippen LogP contribution < -0.4 is 5.32 Å². The standard InChI is InChI=1S/C15H24N2O4/c1-17(10-11-4-5-11)14(21)16-12(18)8-15(9-13(19)20)6-2-3-7-15/h11H,2-10H2,1H3,(H,19,20)(H,16,18,21). The second-order valence-corrected chi connectivity index (χ2v) is 6.63. The molecule has 6 heteroatoms. The molecule has 3 amide bonds. The lowest BCUT2D eigenvalue weighted by Gasteiger charge is -2.26. The Morgan fingerprint density at radius 2 is 1.81 bits per heavy atom. The molecule has 0 aliphatic heterocycles. The van der Waals surface area contributed by atoms with Crippen molar-refractivity contribution in [1.82, 2.24) is 10.2 Å². The molecular formula is C15H24N2O4. The van der Waals surface area contributed by atoms with E-state index < -0.39 is 11.4 Å². The molecule has 2 aliphatic rings. The van der Waals surface area contributed by atoms with Crippen LogP contribution in [-0.2, 0) is 9.59 Å². The molecule has 2 N–H and O–H groups in total. The van der Waals surface area contributed by atoms with Gasteiger partial charge in [-0.3, -0.25) is 14.9 Å². The summed E-state index contributed by atoms with van der Waals surface area (Å²) in [5.74, 6) is -0.656. The van der Waals surface area contributed by atoms with Crippen LogP contribution in [0.2, 0.25) is 0 Å². The number of imide groups is 1. The Morgan fingerprint density at radius 1 is 1.19 bits per heavy atom. The molecule has 21 heavy (non-hydrogen) atoms. The Bertz CT molecular complexity index is 425. The topological polar surface area (TPSA) is 86.7 Å². The van der Waals surface area contributed by atoms with Crippen LogP contribution in [0.15, 0.2) is 0 Å². The maximum Gasteiger partial charge on any atom is 0.323 e. The van der Waals surface area contributed by atoms with Crippen molar-refractivity contribution in [2.24, 2.45) is 11.3 Å². The van der Waals surface area contributed by atoms with E-state index in [1.807, 2.05) is 0 Å². The molecular weight excluding hydrogens is 272 g/mol. The predicted molar refractivity (Wildman–Crippen MR) is 76.7 cm³/mol. The van der Waals surface area contributed by atoms with Crippen molar-refractivity contribution in [3.63, 3.8) is 0 Å². The first-order valence-electron chi connectivity index (χ1n) is 7.67. The van der Waals surface area contributed by atoms with E-state index in [1.165, 1.54) is 4.90 Å². The summed E-state index contributed by atoms with van der Waals surface area (Å²) in [5.41, 5.74) is -0.467. The molecule has 0 aromatic heterocycles. The average Bonchev–Trinajstić information content (AvgIpc) is 3.07. The van der Waals surface area contributed by atoms with Crippen LogP contribution >= 0.6 is 0 Å². The first-order chi connectivity index (χ1) is 9.90. The Kier molecular flexibility index (Phi) is 4.85. The zero-order valence-corrected chi connectivity index (χ0v) is 12.6. The molecule has 0 aromatic carbocycles. The van der Waals surface area contributed by atoms with Crippen molar-refractivity contribution in [3.05, 3.63) is 0 Å². The van der Waals surface area contributed by atoms with Gasteiger partial charge in [0, 0.05) is 20.0 Å². The van der Waals surface area contributed by atoms with E-state index in [2.05, 4.69) is 5.32 Å². The Balaban J connectivity index is 1.83.